The van der Waals surface area contributed by atoms with E-state index in [1.165, 1.54) is 20.9 Å². The zero-order valence-electron chi connectivity index (χ0n) is 6.71. The van der Waals surface area contributed by atoms with Crippen molar-refractivity contribution in [1.82, 2.24) is 4.72 Å². The molecule has 0 aromatic heterocycles. The van der Waals surface area contributed by atoms with E-state index < -0.39 is 20.3 Å². The number of carbonyl (C=O) groups is 1. The Balaban J connectivity index is 5.01. The molecule has 6 heteroatoms. The Kier molecular flexibility index (Phi) is 3.17. The predicted octanol–water partition coefficient (Wildman–Crippen LogP) is -0.284. The highest BCUT2D eigenvalue weighted by atomic mass is 32.2. The number of rotatable bonds is 3. The minimum Gasteiger partial charge on any atom is -0.293 e. The minimum atomic E-state index is -3.52. The molecule has 0 amide bonds. The van der Waals surface area contributed by atoms with Gasteiger partial charge in [-0.2, -0.15) is 0 Å². The fraction of sp³-hybridized carbons (Fsp3) is 0.800. The third-order valence-electron chi connectivity index (χ3n) is 1.53. The first-order valence-electron chi connectivity index (χ1n) is 2.98. The van der Waals surface area contributed by atoms with Crippen LogP contribution in [0.2, 0.25) is 0 Å². The Morgan fingerprint density at radius 2 is 1.82 bits per heavy atom. The van der Waals surface area contributed by atoms with Crippen LogP contribution in [0.1, 0.15) is 13.8 Å². The van der Waals surface area contributed by atoms with E-state index >= 15 is 0 Å². The van der Waals surface area contributed by atoms with Gasteiger partial charge in [-0.1, -0.05) is 9.24 Å². The van der Waals surface area contributed by atoms with Crippen LogP contribution in [0.5, 0.6) is 0 Å². The quantitative estimate of drug-likeness (QED) is 0.633. The van der Waals surface area contributed by atoms with Crippen LogP contribution in [0.15, 0.2) is 0 Å². The maximum Gasteiger partial charge on any atom is 0.224 e. The van der Waals surface area contributed by atoms with E-state index in [0.29, 0.717) is 0 Å². The highest BCUT2D eigenvalue weighted by Crippen LogP contribution is 2.18. The molecule has 0 aliphatic heterocycles. The lowest BCUT2D eigenvalue weighted by Gasteiger charge is -2.19. The van der Waals surface area contributed by atoms with Gasteiger partial charge in [0.25, 0.3) is 0 Å². The van der Waals surface area contributed by atoms with E-state index in [2.05, 4.69) is 4.72 Å². The molecule has 0 aliphatic rings. The zero-order chi connectivity index (χ0) is 9.28. The topological polar surface area (TPSA) is 63.2 Å². The predicted molar refractivity (Wildman–Crippen MR) is 46.8 cm³/mol. The second kappa shape index (κ2) is 3.17. The van der Waals surface area contributed by atoms with Crippen molar-refractivity contribution in [2.24, 2.45) is 0 Å². The van der Waals surface area contributed by atoms with Crippen LogP contribution in [0.4, 0.5) is 0 Å². The summed E-state index contributed by atoms with van der Waals surface area (Å²) in [6, 6.07) is 0. The molecule has 0 rings (SSSR count). The Bertz CT molecular complexity index is 257. The van der Waals surface area contributed by atoms with Gasteiger partial charge < -0.3 is 0 Å². The first-order chi connectivity index (χ1) is 4.75. The van der Waals surface area contributed by atoms with E-state index in [0.717, 1.165) is 0 Å². The van der Waals surface area contributed by atoms with Crippen molar-refractivity contribution in [3.63, 3.8) is 0 Å². The zero-order valence-corrected chi connectivity index (χ0v) is 8.68. The maximum absolute atomic E-state index is 11.1. The summed E-state index contributed by atoms with van der Waals surface area (Å²) in [5.74, 6) is 0. The van der Waals surface area contributed by atoms with Gasteiger partial charge in [0.1, 0.15) is 4.75 Å². The number of hydrogen-bond acceptors (Lipinski definition) is 3. The van der Waals surface area contributed by atoms with Gasteiger partial charge in [0.05, 0.1) is 0 Å². The van der Waals surface area contributed by atoms with Crippen molar-refractivity contribution in [1.29, 1.82) is 0 Å². The summed E-state index contributed by atoms with van der Waals surface area (Å²) in [5.41, 5.74) is -0.452. The van der Waals surface area contributed by atoms with Crippen LogP contribution < -0.4 is 4.72 Å². The van der Waals surface area contributed by atoms with E-state index in [9.17, 15) is 13.2 Å². The van der Waals surface area contributed by atoms with Crippen LogP contribution >= 0.6 is 9.24 Å². The molecule has 0 saturated heterocycles. The molecular formula is C5H12NO3PS. The number of carbonyl (C=O) groups excluding carboxylic acids is 1. The Labute approximate surface area is 69.0 Å². The Morgan fingerprint density at radius 3 is 1.91 bits per heavy atom. The van der Waals surface area contributed by atoms with Gasteiger partial charge >= 0.3 is 0 Å². The average molecular weight is 197 g/mol. The number of sulfonamides is 1. The van der Waals surface area contributed by atoms with Crippen molar-refractivity contribution >= 4 is 24.8 Å². The summed E-state index contributed by atoms with van der Waals surface area (Å²) in [5, 5.41) is 0. The molecule has 1 unspecified atom stereocenters. The Morgan fingerprint density at radius 1 is 1.45 bits per heavy atom. The third-order valence-corrected chi connectivity index (χ3v) is 4.55. The normalized spacial score (nSPS) is 13.1. The van der Waals surface area contributed by atoms with Gasteiger partial charge in [0.15, 0.2) is 5.52 Å². The van der Waals surface area contributed by atoms with Gasteiger partial charge in [-0.05, 0) is 20.9 Å². The van der Waals surface area contributed by atoms with Crippen molar-refractivity contribution < 1.29 is 13.2 Å². The third kappa shape index (κ3) is 1.98. The summed E-state index contributed by atoms with van der Waals surface area (Å²) >= 11 is 0. The molecule has 0 aliphatic carbocycles. The van der Waals surface area contributed by atoms with Crippen molar-refractivity contribution in [3.05, 3.63) is 0 Å². The second-order valence-electron chi connectivity index (χ2n) is 2.58. The molecule has 0 bridgehead atoms. The van der Waals surface area contributed by atoms with Crippen LogP contribution in [0, 0.1) is 0 Å². The smallest absolute Gasteiger partial charge is 0.224 e. The molecule has 0 spiro atoms. The molecular weight excluding hydrogens is 185 g/mol. The molecule has 0 aromatic rings. The lowest BCUT2D eigenvalue weighted by atomic mass is 10.2. The standard InChI is InChI=1S/C5H12NO3PS/c1-5(2,4(7)10)11(8,9)6-3/h6H,10H2,1-3H3. The maximum atomic E-state index is 11.1. The average Bonchev–Trinajstić information content (AvgIpc) is 1.87. The summed E-state index contributed by atoms with van der Waals surface area (Å²) in [7, 11) is -0.374. The van der Waals surface area contributed by atoms with E-state index in [-0.39, 0.29) is 0 Å². The van der Waals surface area contributed by atoms with Gasteiger partial charge in [-0.3, -0.25) is 4.79 Å². The largest absolute Gasteiger partial charge is 0.293 e. The van der Waals surface area contributed by atoms with E-state index in [1.807, 2.05) is 9.24 Å². The van der Waals surface area contributed by atoms with E-state index in [4.69, 9.17) is 0 Å². The number of nitrogens with one attached hydrogen (secondary N) is 1. The van der Waals surface area contributed by atoms with Crippen LogP contribution in [-0.4, -0.2) is 25.7 Å². The summed E-state index contributed by atoms with van der Waals surface area (Å²) < 4.78 is 23.0. The lowest BCUT2D eigenvalue weighted by Crippen LogP contribution is -2.44. The lowest BCUT2D eigenvalue weighted by molar-refractivity contribution is -0.112. The summed E-state index contributed by atoms with van der Waals surface area (Å²) in [6.45, 7) is 2.71. The van der Waals surface area contributed by atoms with Crippen LogP contribution in [0.25, 0.3) is 0 Å². The minimum absolute atomic E-state index is 0.452. The second-order valence-corrected chi connectivity index (χ2v) is 5.54. The molecule has 0 saturated carbocycles. The number of hydrogen-bond donors (Lipinski definition) is 1. The summed E-state index contributed by atoms with van der Waals surface area (Å²) in [6.07, 6.45) is 0. The SMILES string of the molecule is CNS(=O)(=O)C(C)(C)C(=O)P. The Hall–Kier alpha value is 0.01000. The van der Waals surface area contributed by atoms with Gasteiger partial charge in [-0.15, -0.1) is 0 Å². The van der Waals surface area contributed by atoms with Crippen LogP contribution in [-0.2, 0) is 14.8 Å². The highest BCUT2D eigenvalue weighted by molar-refractivity contribution is 7.92. The molecule has 1 N–H and O–H groups in total. The highest BCUT2D eigenvalue weighted by Gasteiger charge is 2.37. The molecule has 66 valence electrons. The van der Waals surface area contributed by atoms with Gasteiger partial charge in [0.2, 0.25) is 10.0 Å². The molecule has 4 nitrogen and oxygen atoms in total. The fourth-order valence-electron chi connectivity index (χ4n) is 0.388. The monoisotopic (exact) mass is 197 g/mol. The van der Waals surface area contributed by atoms with E-state index in [1.54, 1.807) is 0 Å². The molecule has 0 fully saturated rings. The van der Waals surface area contributed by atoms with Crippen LogP contribution in [0.3, 0.4) is 0 Å². The molecule has 0 radical (unpaired) electrons. The van der Waals surface area contributed by atoms with Crippen molar-refractivity contribution in [2.45, 2.75) is 18.6 Å². The fourth-order valence-corrected chi connectivity index (χ4v) is 1.63. The van der Waals surface area contributed by atoms with Gasteiger partial charge in [0, 0.05) is 0 Å². The van der Waals surface area contributed by atoms with Gasteiger partial charge in [-0.25, -0.2) is 13.1 Å². The van der Waals surface area contributed by atoms with Crippen molar-refractivity contribution in [2.75, 3.05) is 7.05 Å². The summed E-state index contributed by atoms with van der Waals surface area (Å²) in [4.78, 5) is 10.8. The first-order valence-corrected chi connectivity index (χ1v) is 5.04. The molecule has 1 atom stereocenters. The first kappa shape index (κ1) is 11.0. The molecule has 11 heavy (non-hydrogen) atoms. The molecule has 0 heterocycles. The van der Waals surface area contributed by atoms with Crippen molar-refractivity contribution in [3.8, 4) is 0 Å². The molecule has 0 aromatic carbocycles.